The lowest BCUT2D eigenvalue weighted by molar-refractivity contribution is -0.143. The summed E-state index contributed by atoms with van der Waals surface area (Å²) in [5.74, 6) is -1.59. The molecular formula is C15H15ClN2O3S. The van der Waals surface area contributed by atoms with Crippen LogP contribution in [0.15, 0.2) is 29.6 Å². The van der Waals surface area contributed by atoms with Gasteiger partial charge in [0.2, 0.25) is 0 Å². The van der Waals surface area contributed by atoms with Gasteiger partial charge in [0.1, 0.15) is 16.2 Å². The second-order valence-corrected chi connectivity index (χ2v) is 6.23. The molecule has 1 heterocycles. The quantitative estimate of drug-likeness (QED) is 0.875. The Hall–Kier alpha value is -1.92. The molecule has 7 heteroatoms. The number of thiazole rings is 1. The Bertz CT molecular complexity index is 716. The molecule has 0 fully saturated rings. The van der Waals surface area contributed by atoms with Crippen LogP contribution < -0.4 is 5.32 Å². The Kier molecular flexibility index (Phi) is 4.83. The monoisotopic (exact) mass is 338 g/mol. The van der Waals surface area contributed by atoms with E-state index in [1.54, 1.807) is 18.4 Å². The highest BCUT2D eigenvalue weighted by molar-refractivity contribution is 7.13. The van der Waals surface area contributed by atoms with Crippen LogP contribution in [0, 0.1) is 0 Å². The number of rotatable bonds is 5. The van der Waals surface area contributed by atoms with E-state index in [0.717, 1.165) is 5.56 Å². The molecule has 0 aliphatic heterocycles. The summed E-state index contributed by atoms with van der Waals surface area (Å²) in [7, 11) is 0. The van der Waals surface area contributed by atoms with E-state index in [-0.39, 0.29) is 12.1 Å². The van der Waals surface area contributed by atoms with Gasteiger partial charge in [0.05, 0.1) is 5.02 Å². The third-order valence-electron chi connectivity index (χ3n) is 3.41. The normalized spacial score (nSPS) is 13.4. The lowest BCUT2D eigenvalue weighted by Gasteiger charge is -2.23. The van der Waals surface area contributed by atoms with Crippen molar-refractivity contribution in [3.05, 3.63) is 40.4 Å². The van der Waals surface area contributed by atoms with Gasteiger partial charge in [-0.25, -0.2) is 9.78 Å². The Morgan fingerprint density at radius 2 is 2.09 bits per heavy atom. The number of nitrogens with one attached hydrogen (secondary N) is 1. The van der Waals surface area contributed by atoms with E-state index < -0.39 is 17.4 Å². The van der Waals surface area contributed by atoms with E-state index >= 15 is 0 Å². The van der Waals surface area contributed by atoms with Crippen molar-refractivity contribution in [3.8, 4) is 10.6 Å². The number of aliphatic carboxylic acids is 1. The molecule has 1 unspecified atom stereocenters. The van der Waals surface area contributed by atoms with Crippen LogP contribution in [0.25, 0.3) is 10.6 Å². The molecule has 22 heavy (non-hydrogen) atoms. The summed E-state index contributed by atoms with van der Waals surface area (Å²) in [4.78, 5) is 27.7. The van der Waals surface area contributed by atoms with Gasteiger partial charge >= 0.3 is 5.97 Å². The first kappa shape index (κ1) is 16.5. The number of carboxylic acid groups (broad SMARTS) is 1. The first-order chi connectivity index (χ1) is 10.4. The van der Waals surface area contributed by atoms with Crippen molar-refractivity contribution in [1.29, 1.82) is 0 Å². The van der Waals surface area contributed by atoms with Crippen LogP contribution in [0.4, 0.5) is 0 Å². The van der Waals surface area contributed by atoms with Crippen molar-refractivity contribution in [2.45, 2.75) is 25.8 Å². The van der Waals surface area contributed by atoms with Crippen molar-refractivity contribution in [2.75, 3.05) is 0 Å². The van der Waals surface area contributed by atoms with Crippen molar-refractivity contribution < 1.29 is 14.7 Å². The highest BCUT2D eigenvalue weighted by Crippen LogP contribution is 2.30. The van der Waals surface area contributed by atoms with Gasteiger partial charge in [-0.1, -0.05) is 36.7 Å². The number of amides is 1. The number of nitrogens with zero attached hydrogens (tertiary/aromatic N) is 1. The number of carbonyl (C=O) groups is 2. The molecule has 1 atom stereocenters. The molecule has 0 saturated carbocycles. The van der Waals surface area contributed by atoms with E-state index in [4.69, 9.17) is 11.6 Å². The molecule has 1 aromatic heterocycles. The van der Waals surface area contributed by atoms with Crippen molar-refractivity contribution in [2.24, 2.45) is 0 Å². The van der Waals surface area contributed by atoms with Crippen LogP contribution >= 0.6 is 22.9 Å². The van der Waals surface area contributed by atoms with Crippen molar-refractivity contribution in [1.82, 2.24) is 10.3 Å². The Morgan fingerprint density at radius 1 is 1.41 bits per heavy atom. The lowest BCUT2D eigenvalue weighted by Crippen LogP contribution is -2.51. The van der Waals surface area contributed by atoms with E-state index in [9.17, 15) is 14.7 Å². The number of aromatic nitrogens is 1. The average Bonchev–Trinajstić information content (AvgIpc) is 2.97. The fourth-order valence-electron chi connectivity index (χ4n) is 1.74. The summed E-state index contributed by atoms with van der Waals surface area (Å²) in [6, 6.07) is 7.21. The van der Waals surface area contributed by atoms with Crippen LogP contribution in [0.2, 0.25) is 5.02 Å². The topological polar surface area (TPSA) is 79.3 Å². The summed E-state index contributed by atoms with van der Waals surface area (Å²) < 4.78 is 0. The van der Waals surface area contributed by atoms with Gasteiger partial charge in [0.15, 0.2) is 0 Å². The number of halogens is 1. The lowest BCUT2D eigenvalue weighted by atomic mass is 9.99. The Labute approximate surface area is 137 Å². The molecular weight excluding hydrogens is 324 g/mol. The maximum atomic E-state index is 12.2. The Balaban J connectivity index is 2.23. The predicted molar refractivity (Wildman–Crippen MR) is 86.4 cm³/mol. The van der Waals surface area contributed by atoms with Crippen molar-refractivity contribution >= 4 is 34.8 Å². The van der Waals surface area contributed by atoms with E-state index in [2.05, 4.69) is 10.3 Å². The average molecular weight is 339 g/mol. The fraction of sp³-hybridized carbons (Fsp3) is 0.267. The van der Waals surface area contributed by atoms with Gasteiger partial charge in [-0.2, -0.15) is 0 Å². The van der Waals surface area contributed by atoms with Gasteiger partial charge in [-0.3, -0.25) is 4.79 Å². The molecule has 1 aromatic carbocycles. The highest BCUT2D eigenvalue weighted by atomic mass is 35.5. The molecule has 5 nitrogen and oxygen atoms in total. The largest absolute Gasteiger partial charge is 0.480 e. The van der Waals surface area contributed by atoms with Crippen LogP contribution in [-0.2, 0) is 4.79 Å². The molecule has 1 amide bonds. The second kappa shape index (κ2) is 6.46. The number of hydrogen-bond acceptors (Lipinski definition) is 4. The third kappa shape index (κ3) is 3.28. The van der Waals surface area contributed by atoms with Crippen LogP contribution in [-0.4, -0.2) is 27.5 Å². The minimum atomic E-state index is -1.31. The van der Waals surface area contributed by atoms with E-state index in [1.165, 1.54) is 18.3 Å². The van der Waals surface area contributed by atoms with Gasteiger partial charge in [0, 0.05) is 10.9 Å². The number of benzene rings is 1. The van der Waals surface area contributed by atoms with Gasteiger partial charge in [-0.05, 0) is 19.4 Å². The summed E-state index contributed by atoms with van der Waals surface area (Å²) in [5, 5.41) is 14.5. The molecule has 0 saturated heterocycles. The Morgan fingerprint density at radius 3 is 2.68 bits per heavy atom. The zero-order valence-electron chi connectivity index (χ0n) is 12.1. The smallest absolute Gasteiger partial charge is 0.329 e. The van der Waals surface area contributed by atoms with Gasteiger partial charge < -0.3 is 10.4 Å². The molecule has 116 valence electrons. The summed E-state index contributed by atoms with van der Waals surface area (Å²) in [6.07, 6.45) is 0.273. The second-order valence-electron chi connectivity index (χ2n) is 4.96. The number of carboxylic acids is 1. The summed E-state index contributed by atoms with van der Waals surface area (Å²) in [6.45, 7) is 3.17. The summed E-state index contributed by atoms with van der Waals surface area (Å²) in [5.41, 5.74) is -0.392. The maximum Gasteiger partial charge on any atom is 0.329 e. The molecule has 0 spiro atoms. The molecule has 0 bridgehead atoms. The standard InChI is InChI=1S/C15H15ClN2O3S/c1-3-15(2,14(20)21)18-12(19)11-8-22-13(17-11)9-6-4-5-7-10(9)16/h4-8H,3H2,1-2H3,(H,18,19)(H,20,21). The molecule has 0 aliphatic carbocycles. The van der Waals surface area contributed by atoms with Crippen LogP contribution in [0.3, 0.4) is 0 Å². The van der Waals surface area contributed by atoms with Gasteiger partial charge in [0.25, 0.3) is 5.91 Å². The van der Waals surface area contributed by atoms with E-state index in [1.807, 2.05) is 18.2 Å². The molecule has 2 aromatic rings. The SMILES string of the molecule is CCC(C)(NC(=O)c1csc(-c2ccccc2Cl)n1)C(=O)O. The van der Waals surface area contributed by atoms with Gasteiger partial charge in [-0.15, -0.1) is 11.3 Å². The zero-order valence-corrected chi connectivity index (χ0v) is 13.7. The first-order valence-corrected chi connectivity index (χ1v) is 7.89. The number of hydrogen-bond donors (Lipinski definition) is 2. The van der Waals surface area contributed by atoms with Crippen LogP contribution in [0.5, 0.6) is 0 Å². The molecule has 0 aliphatic rings. The molecule has 0 radical (unpaired) electrons. The minimum absolute atomic E-state index is 0.181. The van der Waals surface area contributed by atoms with E-state index in [0.29, 0.717) is 10.0 Å². The molecule has 2 N–H and O–H groups in total. The summed E-state index contributed by atoms with van der Waals surface area (Å²) >= 11 is 7.39. The predicted octanol–water partition coefficient (Wildman–Crippen LogP) is 3.45. The van der Waals surface area contributed by atoms with Crippen LogP contribution in [0.1, 0.15) is 30.8 Å². The third-order valence-corrected chi connectivity index (χ3v) is 4.61. The van der Waals surface area contributed by atoms with Crippen molar-refractivity contribution in [3.63, 3.8) is 0 Å². The molecule has 2 rings (SSSR count). The number of carbonyl (C=O) groups excluding carboxylic acids is 1. The first-order valence-electron chi connectivity index (χ1n) is 6.63. The maximum absolute atomic E-state index is 12.2. The zero-order chi connectivity index (χ0) is 16.3. The minimum Gasteiger partial charge on any atom is -0.480 e. The fourth-order valence-corrected chi connectivity index (χ4v) is 2.86. The highest BCUT2D eigenvalue weighted by Gasteiger charge is 2.33.